The summed E-state index contributed by atoms with van der Waals surface area (Å²) in [5, 5.41) is 7.34. The summed E-state index contributed by atoms with van der Waals surface area (Å²) in [6, 6.07) is 9.28. The first kappa shape index (κ1) is 11.9. The van der Waals surface area contributed by atoms with Crippen LogP contribution in [0.25, 0.3) is 0 Å². The molecule has 2 aliphatic heterocycles. The Hall–Kier alpha value is -1.16. The van der Waals surface area contributed by atoms with Crippen molar-refractivity contribution in [2.45, 2.75) is 24.6 Å². The number of aryl methyl sites for hydroxylation is 1. The van der Waals surface area contributed by atoms with Crippen LogP contribution in [0.15, 0.2) is 29.3 Å². The third-order valence-corrected chi connectivity index (χ3v) is 4.72. The minimum atomic E-state index is 0.471. The van der Waals surface area contributed by atoms with Crippen molar-refractivity contribution in [1.82, 2.24) is 10.6 Å². The van der Waals surface area contributed by atoms with E-state index < -0.39 is 0 Å². The molecule has 0 aliphatic carbocycles. The van der Waals surface area contributed by atoms with E-state index in [-0.39, 0.29) is 0 Å². The summed E-state index contributed by atoms with van der Waals surface area (Å²) in [6.45, 7) is 4.00. The minimum absolute atomic E-state index is 0.471. The van der Waals surface area contributed by atoms with E-state index in [0.29, 0.717) is 11.3 Å². The van der Waals surface area contributed by atoms with Crippen LogP contribution < -0.4 is 10.6 Å². The second-order valence-electron chi connectivity index (χ2n) is 4.92. The molecular weight excluding hydrogens is 242 g/mol. The Bertz CT molecular complexity index is 458. The Labute approximate surface area is 112 Å². The molecule has 2 atom stereocenters. The van der Waals surface area contributed by atoms with E-state index in [1.165, 1.54) is 23.3 Å². The summed E-state index contributed by atoms with van der Waals surface area (Å²) in [5.74, 6) is 2.19. The first-order valence-electron chi connectivity index (χ1n) is 6.57. The van der Waals surface area contributed by atoms with Gasteiger partial charge in [0.15, 0.2) is 5.96 Å². The Morgan fingerprint density at radius 3 is 3.17 bits per heavy atom. The molecule has 1 aromatic rings. The van der Waals surface area contributed by atoms with Gasteiger partial charge in [-0.1, -0.05) is 24.3 Å². The van der Waals surface area contributed by atoms with Gasteiger partial charge in [0.05, 0.1) is 6.54 Å². The van der Waals surface area contributed by atoms with Crippen molar-refractivity contribution >= 4 is 17.7 Å². The predicted octanol–water partition coefficient (Wildman–Crippen LogP) is 1.95. The van der Waals surface area contributed by atoms with E-state index in [1.54, 1.807) is 0 Å². The molecule has 0 bridgehead atoms. The van der Waals surface area contributed by atoms with Crippen LogP contribution in [-0.2, 0) is 6.42 Å². The molecule has 2 aliphatic rings. The molecule has 0 saturated heterocycles. The van der Waals surface area contributed by atoms with Crippen molar-refractivity contribution in [2.75, 3.05) is 18.8 Å². The normalized spacial score (nSPS) is 26.2. The molecule has 2 heterocycles. The van der Waals surface area contributed by atoms with E-state index in [4.69, 9.17) is 0 Å². The number of aliphatic imine (C=N–C) groups is 1. The van der Waals surface area contributed by atoms with Crippen molar-refractivity contribution in [3.63, 3.8) is 0 Å². The lowest BCUT2D eigenvalue weighted by Gasteiger charge is -2.25. The van der Waals surface area contributed by atoms with E-state index in [2.05, 4.69) is 46.8 Å². The number of thioether (sulfide) groups is 1. The number of hydrogen-bond donors (Lipinski definition) is 2. The average molecular weight is 261 g/mol. The molecular formula is C14H19N3S. The molecule has 0 fully saturated rings. The molecule has 0 amide bonds. The maximum atomic E-state index is 4.44. The van der Waals surface area contributed by atoms with Crippen molar-refractivity contribution in [3.8, 4) is 0 Å². The lowest BCUT2D eigenvalue weighted by atomic mass is 10.0. The summed E-state index contributed by atoms with van der Waals surface area (Å²) in [4.78, 5) is 4.44. The number of nitrogens with one attached hydrogen (secondary N) is 2. The fourth-order valence-corrected chi connectivity index (χ4v) is 3.73. The Kier molecular flexibility index (Phi) is 3.46. The van der Waals surface area contributed by atoms with Gasteiger partial charge in [-0.15, -0.1) is 0 Å². The van der Waals surface area contributed by atoms with Crippen LogP contribution in [0, 0.1) is 0 Å². The smallest absolute Gasteiger partial charge is 0.191 e. The fraction of sp³-hybridized carbons (Fsp3) is 0.500. The third-order valence-electron chi connectivity index (χ3n) is 3.45. The Morgan fingerprint density at radius 1 is 1.44 bits per heavy atom. The molecule has 96 valence electrons. The highest BCUT2D eigenvalue weighted by molar-refractivity contribution is 7.99. The zero-order valence-corrected chi connectivity index (χ0v) is 11.5. The van der Waals surface area contributed by atoms with Crippen LogP contribution in [0.1, 0.15) is 23.3 Å². The molecule has 2 N–H and O–H groups in total. The standard InChI is InChI=1S/C14H19N3S/c1-10-8-15-14(17-10)16-9-13-12-5-3-2-4-11(12)6-7-18-13/h2-5,10,13H,6-9H2,1H3,(H2,15,16,17). The van der Waals surface area contributed by atoms with Gasteiger partial charge < -0.3 is 10.6 Å². The van der Waals surface area contributed by atoms with Gasteiger partial charge in [0.25, 0.3) is 0 Å². The quantitative estimate of drug-likeness (QED) is 0.854. The molecule has 1 aromatic carbocycles. The predicted molar refractivity (Wildman–Crippen MR) is 78.2 cm³/mol. The number of fused-ring (bicyclic) bond motifs is 1. The zero-order valence-electron chi connectivity index (χ0n) is 10.6. The molecule has 18 heavy (non-hydrogen) atoms. The second-order valence-corrected chi connectivity index (χ2v) is 6.23. The maximum Gasteiger partial charge on any atom is 0.191 e. The number of benzene rings is 1. The van der Waals surface area contributed by atoms with Crippen molar-refractivity contribution in [3.05, 3.63) is 35.4 Å². The topological polar surface area (TPSA) is 36.4 Å². The van der Waals surface area contributed by atoms with Crippen LogP contribution in [0.2, 0.25) is 0 Å². The SMILES string of the molecule is CC1CN=C(NCC2SCCc3ccccc32)N1. The molecule has 0 radical (unpaired) electrons. The molecule has 4 heteroatoms. The van der Waals surface area contributed by atoms with E-state index in [0.717, 1.165) is 19.0 Å². The van der Waals surface area contributed by atoms with Gasteiger partial charge in [-0.2, -0.15) is 11.8 Å². The molecule has 0 spiro atoms. The summed E-state index contributed by atoms with van der Waals surface area (Å²) in [6.07, 6.45) is 1.20. The number of nitrogens with zero attached hydrogens (tertiary/aromatic N) is 1. The average Bonchev–Trinajstić information content (AvgIpc) is 2.82. The van der Waals surface area contributed by atoms with Gasteiger partial charge in [0.1, 0.15) is 0 Å². The maximum absolute atomic E-state index is 4.44. The van der Waals surface area contributed by atoms with Crippen molar-refractivity contribution < 1.29 is 0 Å². The number of rotatable bonds is 2. The monoisotopic (exact) mass is 261 g/mol. The van der Waals surface area contributed by atoms with Crippen LogP contribution in [0.4, 0.5) is 0 Å². The summed E-state index contributed by atoms with van der Waals surface area (Å²) >= 11 is 2.04. The second kappa shape index (κ2) is 5.22. The van der Waals surface area contributed by atoms with E-state index >= 15 is 0 Å². The third kappa shape index (κ3) is 2.48. The first-order chi connectivity index (χ1) is 8.83. The Morgan fingerprint density at radius 2 is 2.33 bits per heavy atom. The van der Waals surface area contributed by atoms with Crippen LogP contribution in [0.5, 0.6) is 0 Å². The van der Waals surface area contributed by atoms with Crippen molar-refractivity contribution in [1.29, 1.82) is 0 Å². The van der Waals surface area contributed by atoms with Crippen LogP contribution >= 0.6 is 11.8 Å². The zero-order chi connectivity index (χ0) is 12.4. The van der Waals surface area contributed by atoms with Gasteiger partial charge >= 0.3 is 0 Å². The van der Waals surface area contributed by atoms with Gasteiger partial charge in [0.2, 0.25) is 0 Å². The van der Waals surface area contributed by atoms with Crippen LogP contribution in [-0.4, -0.2) is 30.8 Å². The van der Waals surface area contributed by atoms with Gasteiger partial charge in [-0.3, -0.25) is 4.99 Å². The summed E-state index contributed by atoms with van der Waals surface area (Å²) < 4.78 is 0. The van der Waals surface area contributed by atoms with E-state index in [1.807, 2.05) is 11.8 Å². The highest BCUT2D eigenvalue weighted by atomic mass is 32.2. The highest BCUT2D eigenvalue weighted by Crippen LogP contribution is 2.35. The molecule has 2 unspecified atom stereocenters. The Balaban J connectivity index is 1.64. The van der Waals surface area contributed by atoms with Crippen molar-refractivity contribution in [2.24, 2.45) is 4.99 Å². The minimum Gasteiger partial charge on any atom is -0.355 e. The molecule has 3 rings (SSSR count). The number of hydrogen-bond acceptors (Lipinski definition) is 4. The molecule has 0 aromatic heterocycles. The number of guanidine groups is 1. The lowest BCUT2D eigenvalue weighted by molar-refractivity contribution is 0.710. The first-order valence-corrected chi connectivity index (χ1v) is 7.62. The largest absolute Gasteiger partial charge is 0.355 e. The summed E-state index contributed by atoms with van der Waals surface area (Å²) in [5.41, 5.74) is 3.01. The molecule has 3 nitrogen and oxygen atoms in total. The summed E-state index contributed by atoms with van der Waals surface area (Å²) in [7, 11) is 0. The highest BCUT2D eigenvalue weighted by Gasteiger charge is 2.21. The van der Waals surface area contributed by atoms with E-state index in [9.17, 15) is 0 Å². The molecule has 0 saturated carbocycles. The van der Waals surface area contributed by atoms with Gasteiger partial charge in [-0.25, -0.2) is 0 Å². The van der Waals surface area contributed by atoms with Gasteiger partial charge in [-0.05, 0) is 30.2 Å². The lowest BCUT2D eigenvalue weighted by Crippen LogP contribution is -2.39. The van der Waals surface area contributed by atoms with Crippen LogP contribution in [0.3, 0.4) is 0 Å². The fourth-order valence-electron chi connectivity index (χ4n) is 2.49. The van der Waals surface area contributed by atoms with Gasteiger partial charge in [0, 0.05) is 17.8 Å².